The number of benzene rings is 1. The van der Waals surface area contributed by atoms with Crippen LogP contribution in [0.1, 0.15) is 17.3 Å². The maximum absolute atomic E-state index is 12.2. The van der Waals surface area contributed by atoms with Crippen LogP contribution in [0.2, 0.25) is 0 Å². The van der Waals surface area contributed by atoms with Crippen LogP contribution in [0.5, 0.6) is 0 Å². The largest absolute Gasteiger partial charge is 0.462 e. The number of carbonyl (C=O) groups is 2. The molecule has 0 aliphatic rings. The summed E-state index contributed by atoms with van der Waals surface area (Å²) in [6, 6.07) is 6.19. The molecule has 0 saturated carbocycles. The Kier molecular flexibility index (Phi) is 6.50. The first kappa shape index (κ1) is 20.8. The van der Waals surface area contributed by atoms with Crippen molar-refractivity contribution >= 4 is 45.0 Å². The highest BCUT2D eigenvalue weighted by Gasteiger charge is 2.24. The summed E-state index contributed by atoms with van der Waals surface area (Å²) in [5.74, 6) is -0.979. The fourth-order valence-corrected chi connectivity index (χ4v) is 4.30. The molecule has 2 rings (SSSR count). The zero-order valence-electron chi connectivity index (χ0n) is 15.1. The summed E-state index contributed by atoms with van der Waals surface area (Å²) in [7, 11) is -3.57. The third kappa shape index (κ3) is 5.01. The number of thioether (sulfide) groups is 1. The third-order valence-electron chi connectivity index (χ3n) is 3.45. The van der Waals surface area contributed by atoms with Crippen LogP contribution in [-0.4, -0.2) is 49.2 Å². The van der Waals surface area contributed by atoms with Crippen molar-refractivity contribution < 1.29 is 22.7 Å². The molecule has 1 heterocycles. The Morgan fingerprint density at radius 1 is 1.30 bits per heavy atom. The van der Waals surface area contributed by atoms with Crippen LogP contribution in [0.25, 0.3) is 0 Å². The van der Waals surface area contributed by atoms with Crippen molar-refractivity contribution in [3.63, 3.8) is 0 Å². The molecule has 0 unspecified atom stereocenters. The fraction of sp³-hybridized carbons (Fsp3) is 0.312. The maximum Gasteiger partial charge on any atom is 0.338 e. The molecule has 0 fully saturated rings. The monoisotopic (exact) mass is 412 g/mol. The lowest BCUT2D eigenvalue weighted by atomic mass is 10.2. The van der Waals surface area contributed by atoms with Gasteiger partial charge in [-0.15, -0.1) is 11.8 Å². The molecule has 2 aromatic rings. The standard InChI is InChI=1S/C16H20N4O5S2/c1-4-25-16(22)10-5-7-11(8-6-10)18-12(21)9-20-14(17)13(27(3,23)24)15(19-20)26-2/h5-8H,4,9,17H2,1-3H3,(H,18,21). The van der Waals surface area contributed by atoms with Gasteiger partial charge < -0.3 is 15.8 Å². The van der Waals surface area contributed by atoms with Crippen molar-refractivity contribution in [2.75, 3.05) is 30.2 Å². The Hall–Kier alpha value is -2.53. The van der Waals surface area contributed by atoms with Gasteiger partial charge in [-0.05, 0) is 37.4 Å². The number of aromatic nitrogens is 2. The molecule has 9 nitrogen and oxygen atoms in total. The molecule has 1 amide bonds. The number of nitrogens with zero attached hydrogens (tertiary/aromatic N) is 2. The molecule has 146 valence electrons. The van der Waals surface area contributed by atoms with E-state index in [1.807, 2.05) is 0 Å². The lowest BCUT2D eigenvalue weighted by Gasteiger charge is -2.08. The fourth-order valence-electron chi connectivity index (χ4n) is 2.28. The molecule has 1 aromatic carbocycles. The maximum atomic E-state index is 12.2. The average molecular weight is 412 g/mol. The molecule has 1 aromatic heterocycles. The van der Waals surface area contributed by atoms with Crippen LogP contribution in [-0.2, 0) is 25.9 Å². The molecule has 0 bridgehead atoms. The van der Waals surface area contributed by atoms with Gasteiger partial charge >= 0.3 is 5.97 Å². The van der Waals surface area contributed by atoms with Crippen LogP contribution in [0.3, 0.4) is 0 Å². The number of rotatable bonds is 7. The van der Waals surface area contributed by atoms with E-state index in [2.05, 4.69) is 10.4 Å². The van der Waals surface area contributed by atoms with Gasteiger partial charge in [0.1, 0.15) is 22.3 Å². The summed E-state index contributed by atoms with van der Waals surface area (Å²) in [4.78, 5) is 23.8. The van der Waals surface area contributed by atoms with Gasteiger partial charge in [-0.2, -0.15) is 5.10 Å². The number of nitrogen functional groups attached to an aromatic ring is 1. The highest BCUT2D eigenvalue weighted by atomic mass is 32.2. The summed E-state index contributed by atoms with van der Waals surface area (Å²) in [5, 5.41) is 6.96. The van der Waals surface area contributed by atoms with E-state index in [0.717, 1.165) is 22.7 Å². The number of hydrogen-bond acceptors (Lipinski definition) is 8. The number of ether oxygens (including phenoxy) is 1. The predicted octanol–water partition coefficient (Wildman–Crippen LogP) is 1.41. The van der Waals surface area contributed by atoms with E-state index >= 15 is 0 Å². The van der Waals surface area contributed by atoms with Gasteiger partial charge in [0.15, 0.2) is 9.84 Å². The van der Waals surface area contributed by atoms with Crippen molar-refractivity contribution in [2.24, 2.45) is 0 Å². The topological polar surface area (TPSA) is 133 Å². The summed E-state index contributed by atoms with van der Waals surface area (Å²) >= 11 is 1.13. The number of nitrogens with two attached hydrogens (primary N) is 1. The van der Waals surface area contributed by atoms with E-state index in [4.69, 9.17) is 10.5 Å². The molecule has 0 radical (unpaired) electrons. The van der Waals surface area contributed by atoms with Crippen molar-refractivity contribution in [1.29, 1.82) is 0 Å². The Labute approximate surface area is 161 Å². The second-order valence-electron chi connectivity index (χ2n) is 5.50. The molecule has 0 aliphatic carbocycles. The Balaban J connectivity index is 2.12. The van der Waals surface area contributed by atoms with Crippen molar-refractivity contribution in [3.8, 4) is 0 Å². The highest BCUT2D eigenvalue weighted by molar-refractivity contribution is 7.99. The summed E-state index contributed by atoms with van der Waals surface area (Å²) in [6.45, 7) is 1.73. The number of nitrogens with one attached hydrogen (secondary N) is 1. The quantitative estimate of drug-likeness (QED) is 0.515. The first-order valence-corrected chi connectivity index (χ1v) is 11.0. The van der Waals surface area contributed by atoms with Crippen LogP contribution < -0.4 is 11.1 Å². The van der Waals surface area contributed by atoms with E-state index in [0.29, 0.717) is 11.3 Å². The van der Waals surface area contributed by atoms with Crippen LogP contribution in [0.4, 0.5) is 11.5 Å². The molecule has 11 heteroatoms. The first-order chi connectivity index (χ1) is 12.7. The lowest BCUT2D eigenvalue weighted by Crippen LogP contribution is -2.21. The lowest BCUT2D eigenvalue weighted by molar-refractivity contribution is -0.116. The first-order valence-electron chi connectivity index (χ1n) is 7.84. The van der Waals surface area contributed by atoms with Gasteiger partial charge in [0.2, 0.25) is 5.91 Å². The third-order valence-corrected chi connectivity index (χ3v) is 5.40. The van der Waals surface area contributed by atoms with Crippen LogP contribution >= 0.6 is 11.8 Å². The zero-order chi connectivity index (χ0) is 20.2. The van der Waals surface area contributed by atoms with Crippen molar-refractivity contribution in [1.82, 2.24) is 9.78 Å². The zero-order valence-corrected chi connectivity index (χ0v) is 16.7. The van der Waals surface area contributed by atoms with Gasteiger partial charge in [0.05, 0.1) is 12.2 Å². The molecule has 27 heavy (non-hydrogen) atoms. The molecule has 3 N–H and O–H groups in total. The van der Waals surface area contributed by atoms with Gasteiger partial charge in [-0.25, -0.2) is 17.9 Å². The molecule has 0 aliphatic heterocycles. The minimum atomic E-state index is -3.57. The normalized spacial score (nSPS) is 11.2. The van der Waals surface area contributed by atoms with Crippen LogP contribution in [0, 0.1) is 0 Å². The van der Waals surface area contributed by atoms with Crippen molar-refractivity contribution in [2.45, 2.75) is 23.4 Å². The predicted molar refractivity (Wildman–Crippen MR) is 103 cm³/mol. The molecular formula is C16H20N4O5S2. The molecule has 0 spiro atoms. The number of sulfone groups is 1. The van der Waals surface area contributed by atoms with E-state index < -0.39 is 21.7 Å². The Bertz CT molecular complexity index is 952. The van der Waals surface area contributed by atoms with Gasteiger partial charge in [-0.1, -0.05) is 0 Å². The van der Waals surface area contributed by atoms with E-state index in [1.54, 1.807) is 25.3 Å². The average Bonchev–Trinajstić information content (AvgIpc) is 2.91. The molecule has 0 saturated heterocycles. The Morgan fingerprint density at radius 2 is 1.93 bits per heavy atom. The minimum absolute atomic E-state index is 0.0819. The number of carbonyl (C=O) groups excluding carboxylic acids is 2. The Morgan fingerprint density at radius 3 is 2.41 bits per heavy atom. The minimum Gasteiger partial charge on any atom is -0.462 e. The van der Waals surface area contributed by atoms with E-state index in [9.17, 15) is 18.0 Å². The highest BCUT2D eigenvalue weighted by Crippen LogP contribution is 2.29. The summed E-state index contributed by atoms with van der Waals surface area (Å²) in [6.07, 6.45) is 2.71. The van der Waals surface area contributed by atoms with E-state index in [-0.39, 0.29) is 28.9 Å². The second-order valence-corrected chi connectivity index (χ2v) is 8.25. The van der Waals surface area contributed by atoms with Crippen LogP contribution in [0.15, 0.2) is 34.2 Å². The number of hydrogen-bond donors (Lipinski definition) is 2. The van der Waals surface area contributed by atoms with Gasteiger partial charge in [-0.3, -0.25) is 4.79 Å². The second kappa shape index (κ2) is 8.44. The SMILES string of the molecule is CCOC(=O)c1ccc(NC(=O)Cn2nc(SC)c(S(C)(=O)=O)c2N)cc1. The number of anilines is 2. The summed E-state index contributed by atoms with van der Waals surface area (Å²) < 4.78 is 29.8. The van der Waals surface area contributed by atoms with Gasteiger partial charge in [0.25, 0.3) is 0 Å². The molecule has 0 atom stereocenters. The number of esters is 1. The van der Waals surface area contributed by atoms with Gasteiger partial charge in [0, 0.05) is 11.9 Å². The molecular weight excluding hydrogens is 392 g/mol. The van der Waals surface area contributed by atoms with Crippen molar-refractivity contribution in [3.05, 3.63) is 29.8 Å². The summed E-state index contributed by atoms with van der Waals surface area (Å²) in [5.41, 5.74) is 6.70. The number of amides is 1. The smallest absolute Gasteiger partial charge is 0.338 e. The van der Waals surface area contributed by atoms with E-state index in [1.165, 1.54) is 12.1 Å².